The minimum Gasteiger partial charge on any atom is -0.497 e. The summed E-state index contributed by atoms with van der Waals surface area (Å²) in [6, 6.07) is 24.8. The maximum Gasteiger partial charge on any atom is 0.203 e. The standard InChI is InChI=1S/C42H48N4O7.3ClH/c1-47-34-10-8-9-33(25-34)46(27-29-12-16-44-36(20-29)31-23-39(50-4)42(53-7)40(24-31)51-5)32-13-17-45(18-14-32)26-28-11-15-43-35(19-28)30-21-37(48-2)41(52-6)38(22-30)49-3;;;/h8-12,15-16,19-25,32H,13-14,17-18,26-27H2,1-7H3;3*1H. The number of likely N-dealkylation sites (tertiary alicyclic amines) is 1. The topological polar surface area (TPSA) is 96.9 Å². The van der Waals surface area contributed by atoms with Crippen LogP contribution < -0.4 is 38.1 Å². The van der Waals surface area contributed by atoms with Crippen molar-refractivity contribution < 1.29 is 33.2 Å². The fraction of sp³-hybridized carbons (Fsp3) is 0.333. The summed E-state index contributed by atoms with van der Waals surface area (Å²) in [6.45, 7) is 3.45. The Morgan fingerprint density at radius 2 is 1.05 bits per heavy atom. The van der Waals surface area contributed by atoms with Gasteiger partial charge in [-0.15, -0.1) is 37.2 Å². The Kier molecular flexibility index (Phi) is 17.5. The first-order valence-electron chi connectivity index (χ1n) is 17.6. The molecular weight excluding hydrogens is 779 g/mol. The van der Waals surface area contributed by atoms with Crippen LogP contribution in [0.4, 0.5) is 5.69 Å². The fourth-order valence-electron chi connectivity index (χ4n) is 6.98. The number of nitrogens with zero attached hydrogens (tertiary/aromatic N) is 4. The molecule has 0 atom stereocenters. The Balaban J connectivity index is 0.00000280. The van der Waals surface area contributed by atoms with E-state index in [0.717, 1.165) is 72.0 Å². The molecule has 2 aromatic heterocycles. The van der Waals surface area contributed by atoms with Crippen molar-refractivity contribution in [2.45, 2.75) is 32.0 Å². The van der Waals surface area contributed by atoms with Crippen LogP contribution in [-0.2, 0) is 13.1 Å². The molecule has 1 aliphatic rings. The number of aromatic nitrogens is 2. The first kappa shape index (κ1) is 45.6. The number of piperidine rings is 1. The number of methoxy groups -OCH3 is 7. The maximum absolute atomic E-state index is 5.64. The van der Waals surface area contributed by atoms with Crippen molar-refractivity contribution in [2.75, 3.05) is 67.8 Å². The molecule has 0 N–H and O–H groups in total. The first-order valence-corrected chi connectivity index (χ1v) is 17.6. The smallest absolute Gasteiger partial charge is 0.203 e. The van der Waals surface area contributed by atoms with Crippen LogP contribution in [0.1, 0.15) is 24.0 Å². The van der Waals surface area contributed by atoms with Crippen LogP contribution in [-0.4, -0.2) is 83.8 Å². The van der Waals surface area contributed by atoms with Gasteiger partial charge >= 0.3 is 0 Å². The molecule has 1 saturated heterocycles. The Labute approximate surface area is 348 Å². The van der Waals surface area contributed by atoms with Gasteiger partial charge in [0.2, 0.25) is 11.5 Å². The van der Waals surface area contributed by atoms with Crippen molar-refractivity contribution in [3.63, 3.8) is 0 Å². The molecule has 0 saturated carbocycles. The molecule has 6 rings (SSSR count). The lowest BCUT2D eigenvalue weighted by molar-refractivity contribution is 0.201. The lowest BCUT2D eigenvalue weighted by Gasteiger charge is -2.40. The Hall–Kier alpha value is -4.81. The highest BCUT2D eigenvalue weighted by molar-refractivity contribution is 5.86. The number of hydrogen-bond acceptors (Lipinski definition) is 11. The molecule has 0 bridgehead atoms. The number of benzene rings is 3. The summed E-state index contributed by atoms with van der Waals surface area (Å²) < 4.78 is 39.1. The second-order valence-electron chi connectivity index (χ2n) is 12.8. The molecule has 1 fully saturated rings. The van der Waals surface area contributed by atoms with Crippen LogP contribution in [0, 0.1) is 0 Å². The van der Waals surface area contributed by atoms with Crippen molar-refractivity contribution in [3.8, 4) is 62.8 Å². The predicted molar refractivity (Wildman–Crippen MR) is 228 cm³/mol. The molecule has 302 valence electrons. The number of anilines is 1. The van der Waals surface area contributed by atoms with E-state index in [1.165, 1.54) is 5.56 Å². The van der Waals surface area contributed by atoms with Gasteiger partial charge in [-0.2, -0.15) is 0 Å². The molecular formula is C42H51Cl3N4O7. The molecule has 14 heteroatoms. The molecule has 0 unspecified atom stereocenters. The normalized spacial score (nSPS) is 12.6. The molecule has 0 spiro atoms. The highest BCUT2D eigenvalue weighted by atomic mass is 35.5. The molecule has 0 amide bonds. The van der Waals surface area contributed by atoms with Crippen LogP contribution in [0.3, 0.4) is 0 Å². The summed E-state index contributed by atoms with van der Waals surface area (Å²) in [7, 11) is 11.4. The lowest BCUT2D eigenvalue weighted by Crippen LogP contribution is -2.44. The lowest BCUT2D eigenvalue weighted by atomic mass is 10.00. The minimum absolute atomic E-state index is 0. The molecule has 1 aliphatic heterocycles. The van der Waals surface area contributed by atoms with E-state index in [4.69, 9.17) is 38.1 Å². The molecule has 11 nitrogen and oxygen atoms in total. The number of pyridine rings is 2. The van der Waals surface area contributed by atoms with E-state index in [-0.39, 0.29) is 37.2 Å². The van der Waals surface area contributed by atoms with E-state index in [0.29, 0.717) is 47.1 Å². The molecule has 56 heavy (non-hydrogen) atoms. The summed E-state index contributed by atoms with van der Waals surface area (Å²) in [5, 5.41) is 0. The Morgan fingerprint density at radius 1 is 0.571 bits per heavy atom. The first-order chi connectivity index (χ1) is 25.9. The SMILES string of the molecule is COc1cccc(N(Cc2ccnc(-c3cc(OC)c(OC)c(OC)c3)c2)C2CCN(Cc3ccnc(-c4cc(OC)c(OC)c(OC)c4)c3)CC2)c1.Cl.Cl.Cl. The van der Waals surface area contributed by atoms with Gasteiger partial charge in [0.05, 0.1) is 61.2 Å². The van der Waals surface area contributed by atoms with Crippen LogP contribution in [0.5, 0.6) is 40.2 Å². The summed E-state index contributed by atoms with van der Waals surface area (Å²) in [5.41, 5.74) is 6.92. The van der Waals surface area contributed by atoms with Crippen molar-refractivity contribution in [1.29, 1.82) is 0 Å². The Morgan fingerprint density at radius 3 is 1.52 bits per heavy atom. The van der Waals surface area contributed by atoms with Crippen molar-refractivity contribution >= 4 is 42.9 Å². The van der Waals surface area contributed by atoms with Gasteiger partial charge in [-0.1, -0.05) is 6.07 Å². The van der Waals surface area contributed by atoms with Crippen molar-refractivity contribution in [3.05, 3.63) is 96.3 Å². The number of halogens is 3. The maximum atomic E-state index is 5.64. The van der Waals surface area contributed by atoms with Gasteiger partial charge in [-0.3, -0.25) is 14.9 Å². The Bertz CT molecular complexity index is 1960. The quantitative estimate of drug-likeness (QED) is 0.101. The van der Waals surface area contributed by atoms with Crippen LogP contribution in [0.25, 0.3) is 22.5 Å². The highest BCUT2D eigenvalue weighted by Crippen LogP contribution is 2.42. The molecule has 5 aromatic rings. The highest BCUT2D eigenvalue weighted by Gasteiger charge is 2.26. The van der Waals surface area contributed by atoms with Gasteiger partial charge in [0.25, 0.3) is 0 Å². The summed E-state index contributed by atoms with van der Waals surface area (Å²) in [6.07, 6.45) is 5.74. The van der Waals surface area contributed by atoms with E-state index in [1.807, 2.05) is 42.7 Å². The van der Waals surface area contributed by atoms with Gasteiger partial charge in [-0.05, 0) is 84.6 Å². The van der Waals surface area contributed by atoms with E-state index < -0.39 is 0 Å². The van der Waals surface area contributed by atoms with E-state index >= 15 is 0 Å². The third-order valence-electron chi connectivity index (χ3n) is 9.71. The zero-order chi connectivity index (χ0) is 37.3. The van der Waals surface area contributed by atoms with Crippen LogP contribution in [0.15, 0.2) is 85.2 Å². The second kappa shape index (κ2) is 21.5. The summed E-state index contributed by atoms with van der Waals surface area (Å²) in [5.74, 6) is 4.31. The fourth-order valence-corrected chi connectivity index (χ4v) is 6.98. The third-order valence-corrected chi connectivity index (χ3v) is 9.71. The number of rotatable bonds is 15. The molecule has 0 aliphatic carbocycles. The van der Waals surface area contributed by atoms with E-state index in [2.05, 4.69) is 57.2 Å². The minimum atomic E-state index is 0. The van der Waals surface area contributed by atoms with Gasteiger partial charge in [0.1, 0.15) is 5.75 Å². The average Bonchev–Trinajstić information content (AvgIpc) is 3.22. The predicted octanol–water partition coefficient (Wildman–Crippen LogP) is 8.81. The van der Waals surface area contributed by atoms with E-state index in [9.17, 15) is 0 Å². The molecule has 3 aromatic carbocycles. The average molecular weight is 830 g/mol. The zero-order valence-corrected chi connectivity index (χ0v) is 35.2. The zero-order valence-electron chi connectivity index (χ0n) is 32.8. The van der Waals surface area contributed by atoms with Gasteiger partial charge in [0.15, 0.2) is 23.0 Å². The summed E-state index contributed by atoms with van der Waals surface area (Å²) >= 11 is 0. The largest absolute Gasteiger partial charge is 0.497 e. The van der Waals surface area contributed by atoms with Crippen molar-refractivity contribution in [2.24, 2.45) is 0 Å². The summed E-state index contributed by atoms with van der Waals surface area (Å²) in [4.78, 5) is 14.4. The second-order valence-corrected chi connectivity index (χ2v) is 12.8. The van der Waals surface area contributed by atoms with Gasteiger partial charge < -0.3 is 38.1 Å². The number of hydrogen-bond donors (Lipinski definition) is 0. The van der Waals surface area contributed by atoms with Crippen molar-refractivity contribution in [1.82, 2.24) is 14.9 Å². The molecule has 0 radical (unpaired) electrons. The van der Waals surface area contributed by atoms with E-state index in [1.54, 1.807) is 49.8 Å². The third kappa shape index (κ3) is 10.3. The van der Waals surface area contributed by atoms with Crippen LogP contribution in [0.2, 0.25) is 0 Å². The van der Waals surface area contributed by atoms with Gasteiger partial charge in [0, 0.05) is 67.5 Å². The monoisotopic (exact) mass is 828 g/mol. The van der Waals surface area contributed by atoms with Crippen LogP contribution >= 0.6 is 37.2 Å². The molecule has 3 heterocycles. The number of ether oxygens (including phenoxy) is 7. The van der Waals surface area contributed by atoms with Gasteiger partial charge in [-0.25, -0.2) is 0 Å².